The first-order valence-corrected chi connectivity index (χ1v) is 5.88. The SMILES string of the molecule is CCN(CC(N)=O)Cc1ccc(NC(C)=O)cc1. The fourth-order valence-corrected chi connectivity index (χ4v) is 1.65. The minimum atomic E-state index is -0.327. The lowest BCUT2D eigenvalue weighted by molar-refractivity contribution is -0.119. The van der Waals surface area contributed by atoms with Gasteiger partial charge < -0.3 is 11.1 Å². The van der Waals surface area contributed by atoms with E-state index < -0.39 is 0 Å². The van der Waals surface area contributed by atoms with Gasteiger partial charge in [-0.1, -0.05) is 19.1 Å². The molecule has 0 atom stereocenters. The standard InChI is InChI=1S/C13H19N3O2/c1-3-16(9-13(14)18)8-11-4-6-12(7-5-11)15-10(2)17/h4-7H,3,8-9H2,1-2H3,(H2,14,18)(H,15,17). The monoisotopic (exact) mass is 249 g/mol. The number of nitrogens with two attached hydrogens (primary N) is 1. The summed E-state index contributed by atoms with van der Waals surface area (Å²) >= 11 is 0. The lowest BCUT2D eigenvalue weighted by Crippen LogP contribution is -2.33. The number of hydrogen-bond donors (Lipinski definition) is 2. The Kier molecular flexibility index (Phi) is 5.32. The lowest BCUT2D eigenvalue weighted by Gasteiger charge is -2.18. The first-order chi connectivity index (χ1) is 8.51. The molecule has 1 aromatic carbocycles. The van der Waals surface area contributed by atoms with Crippen LogP contribution in [-0.2, 0) is 16.1 Å². The Labute approximate surface area is 107 Å². The number of nitrogens with zero attached hydrogens (tertiary/aromatic N) is 1. The molecule has 0 heterocycles. The molecule has 0 bridgehead atoms. The zero-order chi connectivity index (χ0) is 13.5. The molecule has 0 aliphatic rings. The number of anilines is 1. The zero-order valence-corrected chi connectivity index (χ0v) is 10.8. The van der Waals surface area contributed by atoms with Gasteiger partial charge in [-0.3, -0.25) is 14.5 Å². The number of hydrogen-bond acceptors (Lipinski definition) is 3. The van der Waals surface area contributed by atoms with Crippen molar-refractivity contribution in [3.05, 3.63) is 29.8 Å². The number of rotatable bonds is 6. The average molecular weight is 249 g/mol. The fraction of sp³-hybridized carbons (Fsp3) is 0.385. The molecule has 0 saturated heterocycles. The summed E-state index contributed by atoms with van der Waals surface area (Å²) in [6, 6.07) is 7.54. The van der Waals surface area contributed by atoms with Crippen molar-refractivity contribution in [2.75, 3.05) is 18.4 Å². The Bertz CT molecular complexity index is 415. The van der Waals surface area contributed by atoms with Crippen molar-refractivity contribution >= 4 is 17.5 Å². The molecular weight excluding hydrogens is 230 g/mol. The van der Waals surface area contributed by atoms with E-state index in [0.717, 1.165) is 17.8 Å². The highest BCUT2D eigenvalue weighted by molar-refractivity contribution is 5.88. The Hall–Kier alpha value is -1.88. The predicted octanol–water partition coefficient (Wildman–Crippen LogP) is 0.952. The van der Waals surface area contributed by atoms with E-state index in [4.69, 9.17) is 5.73 Å². The topological polar surface area (TPSA) is 75.4 Å². The minimum absolute atomic E-state index is 0.0911. The summed E-state index contributed by atoms with van der Waals surface area (Å²) < 4.78 is 0. The Morgan fingerprint density at radius 1 is 1.28 bits per heavy atom. The molecule has 1 rings (SSSR count). The maximum absolute atomic E-state index is 10.9. The van der Waals surface area contributed by atoms with E-state index in [1.54, 1.807) is 0 Å². The van der Waals surface area contributed by atoms with Crippen LogP contribution in [0, 0.1) is 0 Å². The molecule has 0 fully saturated rings. The predicted molar refractivity (Wildman–Crippen MR) is 70.9 cm³/mol. The zero-order valence-electron chi connectivity index (χ0n) is 10.8. The number of amides is 2. The molecule has 5 nitrogen and oxygen atoms in total. The summed E-state index contributed by atoms with van der Waals surface area (Å²) in [4.78, 5) is 23.7. The van der Waals surface area contributed by atoms with Crippen molar-refractivity contribution in [1.82, 2.24) is 4.90 Å². The maximum atomic E-state index is 10.9. The van der Waals surface area contributed by atoms with Gasteiger partial charge in [-0.2, -0.15) is 0 Å². The summed E-state index contributed by atoms with van der Waals surface area (Å²) in [6.07, 6.45) is 0. The summed E-state index contributed by atoms with van der Waals surface area (Å²) in [7, 11) is 0. The number of primary amides is 1. The average Bonchev–Trinajstić information content (AvgIpc) is 2.29. The lowest BCUT2D eigenvalue weighted by atomic mass is 10.2. The normalized spacial score (nSPS) is 10.4. The van der Waals surface area contributed by atoms with Crippen molar-refractivity contribution in [2.24, 2.45) is 5.73 Å². The van der Waals surface area contributed by atoms with Crippen LogP contribution < -0.4 is 11.1 Å². The van der Waals surface area contributed by atoms with E-state index in [-0.39, 0.29) is 18.4 Å². The molecule has 18 heavy (non-hydrogen) atoms. The largest absolute Gasteiger partial charge is 0.369 e. The Morgan fingerprint density at radius 2 is 1.89 bits per heavy atom. The van der Waals surface area contributed by atoms with Gasteiger partial charge in [-0.15, -0.1) is 0 Å². The van der Waals surface area contributed by atoms with Crippen LogP contribution in [0.4, 0.5) is 5.69 Å². The highest BCUT2D eigenvalue weighted by atomic mass is 16.1. The van der Waals surface area contributed by atoms with Crippen LogP contribution >= 0.6 is 0 Å². The van der Waals surface area contributed by atoms with Crippen LogP contribution in [0.5, 0.6) is 0 Å². The summed E-state index contributed by atoms with van der Waals surface area (Å²) in [6.45, 7) is 5.13. The molecule has 0 spiro atoms. The van der Waals surface area contributed by atoms with Crippen LogP contribution in [0.15, 0.2) is 24.3 Å². The number of benzene rings is 1. The van der Waals surface area contributed by atoms with Crippen molar-refractivity contribution < 1.29 is 9.59 Å². The van der Waals surface area contributed by atoms with Gasteiger partial charge in [-0.25, -0.2) is 0 Å². The number of carbonyl (C=O) groups excluding carboxylic acids is 2. The molecular formula is C13H19N3O2. The second-order valence-electron chi connectivity index (χ2n) is 4.15. The Morgan fingerprint density at radius 3 is 2.33 bits per heavy atom. The first-order valence-electron chi connectivity index (χ1n) is 5.88. The van der Waals surface area contributed by atoms with Crippen LogP contribution in [-0.4, -0.2) is 29.8 Å². The molecule has 1 aromatic rings. The van der Waals surface area contributed by atoms with Crippen LogP contribution in [0.25, 0.3) is 0 Å². The molecule has 98 valence electrons. The number of nitrogens with one attached hydrogen (secondary N) is 1. The molecule has 0 aliphatic heterocycles. The van der Waals surface area contributed by atoms with E-state index in [2.05, 4.69) is 5.32 Å². The van der Waals surface area contributed by atoms with Crippen molar-refractivity contribution in [2.45, 2.75) is 20.4 Å². The van der Waals surface area contributed by atoms with E-state index in [0.29, 0.717) is 6.54 Å². The second kappa shape index (κ2) is 6.76. The highest BCUT2D eigenvalue weighted by Crippen LogP contribution is 2.11. The summed E-state index contributed by atoms with van der Waals surface area (Å²) in [5.41, 5.74) is 7.02. The fourth-order valence-electron chi connectivity index (χ4n) is 1.65. The van der Waals surface area contributed by atoms with Gasteiger partial charge in [0.25, 0.3) is 0 Å². The van der Waals surface area contributed by atoms with Crippen LogP contribution in [0.1, 0.15) is 19.4 Å². The van der Waals surface area contributed by atoms with E-state index in [9.17, 15) is 9.59 Å². The molecule has 0 saturated carbocycles. The minimum Gasteiger partial charge on any atom is -0.369 e. The van der Waals surface area contributed by atoms with Gasteiger partial charge in [0.2, 0.25) is 11.8 Å². The summed E-state index contributed by atoms with van der Waals surface area (Å²) in [5, 5.41) is 2.70. The summed E-state index contributed by atoms with van der Waals surface area (Å²) in [5.74, 6) is -0.418. The molecule has 0 radical (unpaired) electrons. The molecule has 0 aromatic heterocycles. The maximum Gasteiger partial charge on any atom is 0.231 e. The third kappa shape index (κ3) is 4.97. The molecule has 0 unspecified atom stereocenters. The van der Waals surface area contributed by atoms with Gasteiger partial charge in [-0.05, 0) is 24.2 Å². The number of likely N-dealkylation sites (N-methyl/N-ethyl adjacent to an activating group) is 1. The second-order valence-corrected chi connectivity index (χ2v) is 4.15. The quantitative estimate of drug-likeness (QED) is 0.788. The van der Waals surface area contributed by atoms with Gasteiger partial charge in [0, 0.05) is 19.2 Å². The molecule has 2 amide bonds. The van der Waals surface area contributed by atoms with E-state index >= 15 is 0 Å². The third-order valence-corrected chi connectivity index (χ3v) is 2.51. The first kappa shape index (κ1) is 14.2. The van der Waals surface area contributed by atoms with Gasteiger partial charge >= 0.3 is 0 Å². The van der Waals surface area contributed by atoms with Crippen LogP contribution in [0.2, 0.25) is 0 Å². The van der Waals surface area contributed by atoms with Crippen molar-refractivity contribution in [3.8, 4) is 0 Å². The van der Waals surface area contributed by atoms with Gasteiger partial charge in [0.05, 0.1) is 6.54 Å². The van der Waals surface area contributed by atoms with Gasteiger partial charge in [0.15, 0.2) is 0 Å². The van der Waals surface area contributed by atoms with Crippen molar-refractivity contribution in [3.63, 3.8) is 0 Å². The van der Waals surface area contributed by atoms with Crippen molar-refractivity contribution in [1.29, 1.82) is 0 Å². The molecule has 5 heteroatoms. The smallest absolute Gasteiger partial charge is 0.231 e. The van der Waals surface area contributed by atoms with Crippen LogP contribution in [0.3, 0.4) is 0 Å². The Balaban J connectivity index is 2.61. The van der Waals surface area contributed by atoms with Gasteiger partial charge in [0.1, 0.15) is 0 Å². The molecule has 0 aliphatic carbocycles. The number of carbonyl (C=O) groups is 2. The highest BCUT2D eigenvalue weighted by Gasteiger charge is 2.06. The van der Waals surface area contributed by atoms with E-state index in [1.165, 1.54) is 6.92 Å². The molecule has 3 N–H and O–H groups in total. The van der Waals surface area contributed by atoms with E-state index in [1.807, 2.05) is 36.1 Å². The third-order valence-electron chi connectivity index (χ3n) is 2.51.